The molecule has 2 unspecified atom stereocenters. The molecule has 0 saturated carbocycles. The maximum Gasteiger partial charge on any atom is 0.303 e. The van der Waals surface area contributed by atoms with E-state index in [1.165, 1.54) is 5.56 Å². The average molecular weight is 289 g/mol. The van der Waals surface area contributed by atoms with E-state index in [4.69, 9.17) is 9.84 Å². The number of hydrogen-bond acceptors (Lipinski definition) is 3. The van der Waals surface area contributed by atoms with Gasteiger partial charge in [0.2, 0.25) is 0 Å². The van der Waals surface area contributed by atoms with Crippen LogP contribution < -0.4 is 4.74 Å². The number of nitrogens with zero attached hydrogens (tertiary/aromatic N) is 1. The number of carboxylic acids is 1. The molecule has 2 heterocycles. The Kier molecular flexibility index (Phi) is 4.44. The lowest BCUT2D eigenvalue weighted by molar-refractivity contribution is -0.137. The molecule has 114 valence electrons. The fourth-order valence-electron chi connectivity index (χ4n) is 3.56. The molecule has 0 amide bonds. The van der Waals surface area contributed by atoms with E-state index in [2.05, 4.69) is 23.1 Å². The predicted octanol–water partition coefficient (Wildman–Crippen LogP) is 2.74. The van der Waals surface area contributed by atoms with Gasteiger partial charge < -0.3 is 14.7 Å². The average Bonchev–Trinajstić information content (AvgIpc) is 2.93. The normalized spacial score (nSPS) is 25.3. The van der Waals surface area contributed by atoms with Gasteiger partial charge in [-0.2, -0.15) is 0 Å². The zero-order valence-corrected chi connectivity index (χ0v) is 12.3. The first-order valence-corrected chi connectivity index (χ1v) is 7.88. The Morgan fingerprint density at radius 1 is 1.33 bits per heavy atom. The van der Waals surface area contributed by atoms with Crippen LogP contribution in [0.15, 0.2) is 24.3 Å². The minimum Gasteiger partial charge on any atom is -0.493 e. The van der Waals surface area contributed by atoms with Gasteiger partial charge in [0, 0.05) is 25.4 Å². The second-order valence-electron chi connectivity index (χ2n) is 6.22. The van der Waals surface area contributed by atoms with E-state index in [0.717, 1.165) is 51.3 Å². The quantitative estimate of drug-likeness (QED) is 0.905. The van der Waals surface area contributed by atoms with Crippen LogP contribution in [-0.2, 0) is 4.79 Å². The molecule has 1 fully saturated rings. The summed E-state index contributed by atoms with van der Waals surface area (Å²) in [6.07, 6.45) is 3.33. The van der Waals surface area contributed by atoms with Gasteiger partial charge in [0.1, 0.15) is 5.75 Å². The number of carboxylic acid groups (broad SMARTS) is 1. The Labute approximate surface area is 125 Å². The highest BCUT2D eigenvalue weighted by molar-refractivity contribution is 5.66. The number of aliphatic carboxylic acids is 1. The maximum absolute atomic E-state index is 10.7. The summed E-state index contributed by atoms with van der Waals surface area (Å²) in [5.74, 6) is 1.46. The number of carbonyl (C=O) groups is 1. The minimum atomic E-state index is -0.674. The monoisotopic (exact) mass is 289 g/mol. The van der Waals surface area contributed by atoms with Crippen molar-refractivity contribution >= 4 is 5.97 Å². The van der Waals surface area contributed by atoms with Gasteiger partial charge >= 0.3 is 5.97 Å². The molecule has 3 rings (SSSR count). The van der Waals surface area contributed by atoms with Crippen LogP contribution in [0.1, 0.15) is 37.2 Å². The van der Waals surface area contributed by atoms with Crippen LogP contribution in [0.25, 0.3) is 0 Å². The Bertz CT molecular complexity index is 503. The first-order valence-electron chi connectivity index (χ1n) is 7.88. The largest absolute Gasteiger partial charge is 0.493 e. The first-order chi connectivity index (χ1) is 10.2. The lowest BCUT2D eigenvalue weighted by atomic mass is 9.92. The van der Waals surface area contributed by atoms with Gasteiger partial charge in [0.15, 0.2) is 0 Å². The topological polar surface area (TPSA) is 49.8 Å². The Hall–Kier alpha value is -1.55. The van der Waals surface area contributed by atoms with Gasteiger partial charge in [-0.05, 0) is 43.4 Å². The predicted molar refractivity (Wildman–Crippen MR) is 80.7 cm³/mol. The molecule has 2 aliphatic rings. The molecule has 4 nitrogen and oxygen atoms in total. The van der Waals surface area contributed by atoms with E-state index in [9.17, 15) is 4.79 Å². The summed E-state index contributed by atoms with van der Waals surface area (Å²) < 4.78 is 5.72. The Morgan fingerprint density at radius 3 is 3.05 bits per heavy atom. The number of hydrogen-bond donors (Lipinski definition) is 1. The third kappa shape index (κ3) is 3.56. The number of fused-ring (bicyclic) bond motifs is 1. The van der Waals surface area contributed by atoms with Crippen LogP contribution in [0.4, 0.5) is 0 Å². The van der Waals surface area contributed by atoms with Gasteiger partial charge in [-0.1, -0.05) is 18.2 Å². The van der Waals surface area contributed by atoms with E-state index in [0.29, 0.717) is 18.3 Å². The number of likely N-dealkylation sites (tertiary alicyclic amines) is 1. The van der Waals surface area contributed by atoms with Crippen molar-refractivity contribution in [2.75, 3.05) is 26.2 Å². The molecule has 0 aliphatic carbocycles. The summed E-state index contributed by atoms with van der Waals surface area (Å²) in [7, 11) is 0. The van der Waals surface area contributed by atoms with Crippen molar-refractivity contribution in [3.8, 4) is 5.75 Å². The van der Waals surface area contributed by atoms with Gasteiger partial charge in [-0.25, -0.2) is 0 Å². The van der Waals surface area contributed by atoms with E-state index < -0.39 is 5.97 Å². The molecule has 1 N–H and O–H groups in total. The fraction of sp³-hybridized carbons (Fsp3) is 0.588. The molecule has 21 heavy (non-hydrogen) atoms. The lowest BCUT2D eigenvalue weighted by Crippen LogP contribution is -2.29. The standard InChI is InChI=1S/C17H23NO3/c19-17(20)6-5-13-7-9-18(11-13)12-14-8-10-21-16-4-2-1-3-15(14)16/h1-4,13-14H,5-12H2,(H,19,20). The minimum absolute atomic E-state index is 0.304. The van der Waals surface area contributed by atoms with Crippen molar-refractivity contribution in [2.45, 2.75) is 31.6 Å². The summed E-state index contributed by atoms with van der Waals surface area (Å²) >= 11 is 0. The van der Waals surface area contributed by atoms with Crippen LogP contribution in [0.3, 0.4) is 0 Å². The molecule has 2 atom stereocenters. The molecule has 1 aromatic rings. The summed E-state index contributed by atoms with van der Waals surface area (Å²) in [5.41, 5.74) is 1.33. The fourth-order valence-corrected chi connectivity index (χ4v) is 3.56. The molecular formula is C17H23NO3. The molecular weight excluding hydrogens is 266 g/mol. The zero-order chi connectivity index (χ0) is 14.7. The second kappa shape index (κ2) is 6.48. The SMILES string of the molecule is O=C(O)CCC1CCN(CC2CCOc3ccccc32)C1. The molecule has 4 heteroatoms. The van der Waals surface area contributed by atoms with Crippen molar-refractivity contribution in [3.05, 3.63) is 29.8 Å². The second-order valence-corrected chi connectivity index (χ2v) is 6.22. The zero-order valence-electron chi connectivity index (χ0n) is 12.3. The van der Waals surface area contributed by atoms with E-state index in [-0.39, 0.29) is 0 Å². The number of para-hydroxylation sites is 1. The lowest BCUT2D eigenvalue weighted by Gasteiger charge is -2.29. The van der Waals surface area contributed by atoms with Crippen molar-refractivity contribution in [1.29, 1.82) is 0 Å². The van der Waals surface area contributed by atoms with Gasteiger partial charge in [-0.15, -0.1) is 0 Å². The Balaban J connectivity index is 1.55. The molecule has 0 spiro atoms. The van der Waals surface area contributed by atoms with E-state index in [1.807, 2.05) is 6.07 Å². The van der Waals surface area contributed by atoms with E-state index in [1.54, 1.807) is 0 Å². The van der Waals surface area contributed by atoms with Crippen LogP contribution in [0.5, 0.6) is 5.75 Å². The van der Waals surface area contributed by atoms with E-state index >= 15 is 0 Å². The van der Waals surface area contributed by atoms with Gasteiger partial charge in [-0.3, -0.25) is 4.79 Å². The number of ether oxygens (including phenoxy) is 1. The highest BCUT2D eigenvalue weighted by Crippen LogP contribution is 2.35. The van der Waals surface area contributed by atoms with Crippen molar-refractivity contribution in [3.63, 3.8) is 0 Å². The summed E-state index contributed by atoms with van der Waals surface area (Å²) in [6.45, 7) is 4.03. The summed E-state index contributed by atoms with van der Waals surface area (Å²) in [6, 6.07) is 8.34. The third-order valence-corrected chi connectivity index (χ3v) is 4.70. The highest BCUT2D eigenvalue weighted by atomic mass is 16.5. The molecule has 0 bridgehead atoms. The molecule has 0 aromatic heterocycles. The van der Waals surface area contributed by atoms with Gasteiger partial charge in [0.05, 0.1) is 6.61 Å². The molecule has 0 radical (unpaired) electrons. The molecule has 1 aromatic carbocycles. The van der Waals surface area contributed by atoms with Crippen molar-refractivity contribution in [2.24, 2.45) is 5.92 Å². The summed E-state index contributed by atoms with van der Waals surface area (Å²) in [4.78, 5) is 13.2. The highest BCUT2D eigenvalue weighted by Gasteiger charge is 2.28. The van der Waals surface area contributed by atoms with Crippen LogP contribution in [0, 0.1) is 5.92 Å². The molecule has 2 aliphatic heterocycles. The Morgan fingerprint density at radius 2 is 2.19 bits per heavy atom. The van der Waals surface area contributed by atoms with Crippen LogP contribution in [-0.4, -0.2) is 42.2 Å². The number of benzene rings is 1. The summed E-state index contributed by atoms with van der Waals surface area (Å²) in [5, 5.41) is 8.78. The van der Waals surface area contributed by atoms with Crippen LogP contribution >= 0.6 is 0 Å². The van der Waals surface area contributed by atoms with Crippen LogP contribution in [0.2, 0.25) is 0 Å². The van der Waals surface area contributed by atoms with Gasteiger partial charge in [0.25, 0.3) is 0 Å². The first kappa shape index (κ1) is 14.4. The number of rotatable bonds is 5. The van der Waals surface area contributed by atoms with Crippen molar-refractivity contribution in [1.82, 2.24) is 4.90 Å². The van der Waals surface area contributed by atoms with Crippen molar-refractivity contribution < 1.29 is 14.6 Å². The third-order valence-electron chi connectivity index (χ3n) is 4.70. The maximum atomic E-state index is 10.7. The molecule has 1 saturated heterocycles. The smallest absolute Gasteiger partial charge is 0.303 e.